The molecule has 0 spiro atoms. The molecule has 0 saturated carbocycles. The van der Waals surface area contributed by atoms with Crippen LogP contribution in [0.2, 0.25) is 0 Å². The highest BCUT2D eigenvalue weighted by molar-refractivity contribution is 6.11. The van der Waals surface area contributed by atoms with Crippen molar-refractivity contribution in [1.29, 1.82) is 0 Å². The van der Waals surface area contributed by atoms with Crippen molar-refractivity contribution in [3.8, 4) is 22.6 Å². The summed E-state index contributed by atoms with van der Waals surface area (Å²) >= 11 is 0. The number of ether oxygens (including phenoxy) is 3. The Morgan fingerprint density at radius 1 is 0.824 bits per heavy atom. The van der Waals surface area contributed by atoms with Gasteiger partial charge in [-0.15, -0.1) is 0 Å². The van der Waals surface area contributed by atoms with Crippen LogP contribution in [0.1, 0.15) is 43.7 Å². The van der Waals surface area contributed by atoms with Crippen molar-refractivity contribution >= 4 is 45.2 Å². The highest BCUT2D eigenvalue weighted by atomic mass is 16.5. The minimum atomic E-state index is -1.07. The summed E-state index contributed by atoms with van der Waals surface area (Å²) in [5.74, 6) is -0.955. The third-order valence-corrected chi connectivity index (χ3v) is 9.19. The van der Waals surface area contributed by atoms with E-state index in [1.807, 2.05) is 66.7 Å². The van der Waals surface area contributed by atoms with Crippen molar-refractivity contribution in [2.75, 3.05) is 27.9 Å². The molecule has 4 bridgehead atoms. The van der Waals surface area contributed by atoms with E-state index >= 15 is 0 Å². The lowest BCUT2D eigenvalue weighted by Gasteiger charge is -2.26. The summed E-state index contributed by atoms with van der Waals surface area (Å²) in [6.45, 7) is 1.75. The molecule has 3 amide bonds. The van der Waals surface area contributed by atoms with Crippen LogP contribution in [0.3, 0.4) is 0 Å². The molecule has 5 rings (SSSR count). The highest BCUT2D eigenvalue weighted by Crippen LogP contribution is 2.48. The topological polar surface area (TPSA) is 158 Å². The maximum absolute atomic E-state index is 14.1. The van der Waals surface area contributed by atoms with Crippen LogP contribution >= 0.6 is 0 Å². The van der Waals surface area contributed by atoms with Gasteiger partial charge in [0, 0.05) is 24.5 Å². The predicted molar refractivity (Wildman–Crippen MR) is 198 cm³/mol. The normalized spacial score (nSPS) is 18.3. The Labute approximate surface area is 297 Å². The van der Waals surface area contributed by atoms with E-state index in [0.717, 1.165) is 38.2 Å². The van der Waals surface area contributed by atoms with E-state index < -0.39 is 41.8 Å². The number of rotatable bonds is 8. The summed E-state index contributed by atoms with van der Waals surface area (Å²) in [5, 5.41) is 12.2. The molecule has 1 aliphatic heterocycles. The Morgan fingerprint density at radius 2 is 1.43 bits per heavy atom. The number of carbonyl (C=O) groups is 4. The van der Waals surface area contributed by atoms with E-state index in [-0.39, 0.29) is 19.3 Å². The standard InChI is InChI=1S/C40H46N4O7/c1-24(45)42-33-23-28-22-26-14-6-9-17-30(26)35(37(28)50-3)34-29-16-8-5-13-25(29)21-27(36(34)49-2)15-7-10-19-32(40(48)51-4)44-38(46)31(43-39(33)47)18-11-12-20-41/h5-10,13-14,16-17,21-22,31-33H,11-12,15,18-20,23,41H2,1-4H3,(H,42,45)(H,43,47)(H,44,46)/t31-,32+,33?/m1/s1. The molecule has 3 atom stereocenters. The Bertz CT molecular complexity index is 1960. The first-order chi connectivity index (χ1) is 24.7. The van der Waals surface area contributed by atoms with Crippen LogP contribution in [0, 0.1) is 0 Å². The number of hydrogen-bond donors (Lipinski definition) is 4. The molecule has 51 heavy (non-hydrogen) atoms. The molecule has 5 N–H and O–H groups in total. The van der Waals surface area contributed by atoms with Crippen molar-refractivity contribution in [2.45, 2.75) is 63.6 Å². The molecule has 1 aliphatic rings. The maximum atomic E-state index is 14.1. The van der Waals surface area contributed by atoms with E-state index in [1.54, 1.807) is 14.2 Å². The maximum Gasteiger partial charge on any atom is 0.328 e. The minimum Gasteiger partial charge on any atom is -0.496 e. The zero-order valence-corrected chi connectivity index (χ0v) is 29.5. The molecule has 0 saturated heterocycles. The van der Waals surface area contributed by atoms with Crippen molar-refractivity contribution in [2.24, 2.45) is 5.73 Å². The molecule has 11 nitrogen and oxygen atoms in total. The number of benzene rings is 4. The van der Waals surface area contributed by atoms with Gasteiger partial charge >= 0.3 is 5.97 Å². The van der Waals surface area contributed by atoms with Crippen LogP contribution in [-0.2, 0) is 36.8 Å². The first-order valence-electron chi connectivity index (χ1n) is 17.2. The summed E-state index contributed by atoms with van der Waals surface area (Å²) in [7, 11) is 4.49. The fraction of sp³-hybridized carbons (Fsp3) is 0.350. The Hall–Kier alpha value is -5.42. The van der Waals surface area contributed by atoms with Crippen LogP contribution in [0.5, 0.6) is 11.5 Å². The largest absolute Gasteiger partial charge is 0.496 e. The summed E-state index contributed by atoms with van der Waals surface area (Å²) in [6, 6.07) is 17.0. The zero-order chi connectivity index (χ0) is 36.5. The van der Waals surface area contributed by atoms with Gasteiger partial charge < -0.3 is 35.9 Å². The zero-order valence-electron chi connectivity index (χ0n) is 29.5. The first kappa shape index (κ1) is 36.9. The van der Waals surface area contributed by atoms with Gasteiger partial charge in [-0.2, -0.15) is 0 Å². The summed E-state index contributed by atoms with van der Waals surface area (Å²) < 4.78 is 17.4. The van der Waals surface area contributed by atoms with Gasteiger partial charge in [-0.3, -0.25) is 14.4 Å². The molecule has 0 aliphatic carbocycles. The van der Waals surface area contributed by atoms with Gasteiger partial charge in [-0.1, -0.05) is 60.7 Å². The van der Waals surface area contributed by atoms with E-state index in [9.17, 15) is 19.2 Å². The van der Waals surface area contributed by atoms with Crippen molar-refractivity contribution in [3.63, 3.8) is 0 Å². The van der Waals surface area contributed by atoms with Gasteiger partial charge in [0.05, 0.1) is 21.3 Å². The molecular weight excluding hydrogens is 648 g/mol. The van der Waals surface area contributed by atoms with E-state index in [4.69, 9.17) is 19.9 Å². The lowest BCUT2D eigenvalue weighted by molar-refractivity contribution is -0.145. The molecule has 11 heteroatoms. The predicted octanol–water partition coefficient (Wildman–Crippen LogP) is 4.50. The quantitative estimate of drug-likeness (QED) is 0.119. The highest BCUT2D eigenvalue weighted by Gasteiger charge is 2.31. The number of nitrogens with one attached hydrogen (secondary N) is 3. The SMILES string of the molecule is COC(=O)[C@@H]1CC=CCc2cc3ccccc3c(c2OC)-c2c(OC)c(cc3ccccc23)CC(NC(C)=O)C(=O)N[C@H](CCCCN)C(=O)N1. The molecule has 268 valence electrons. The fourth-order valence-corrected chi connectivity index (χ4v) is 6.82. The molecule has 4 aromatic rings. The summed E-state index contributed by atoms with van der Waals surface area (Å²) in [4.78, 5) is 53.2. The second kappa shape index (κ2) is 17.0. The Balaban J connectivity index is 1.78. The van der Waals surface area contributed by atoms with E-state index in [0.29, 0.717) is 42.9 Å². The number of nitrogens with two attached hydrogens (primary N) is 1. The van der Waals surface area contributed by atoms with Gasteiger partial charge in [0.1, 0.15) is 29.6 Å². The average Bonchev–Trinajstić information content (AvgIpc) is 3.13. The third kappa shape index (κ3) is 8.32. The van der Waals surface area contributed by atoms with E-state index in [1.165, 1.54) is 14.0 Å². The number of unbranched alkanes of at least 4 members (excludes halogenated alkanes) is 1. The molecule has 4 aromatic carbocycles. The van der Waals surface area contributed by atoms with Crippen LogP contribution in [0.4, 0.5) is 0 Å². The molecular formula is C40H46N4O7. The number of amides is 3. The Kier molecular flexibility index (Phi) is 12.3. The molecule has 0 fully saturated rings. The van der Waals surface area contributed by atoms with Crippen molar-refractivity contribution in [1.82, 2.24) is 16.0 Å². The summed E-state index contributed by atoms with van der Waals surface area (Å²) in [6.07, 6.45) is 5.89. The van der Waals surface area contributed by atoms with Gasteiger partial charge in [0.15, 0.2) is 0 Å². The van der Waals surface area contributed by atoms with Crippen LogP contribution in [0.25, 0.3) is 32.7 Å². The minimum absolute atomic E-state index is 0.0526. The van der Waals surface area contributed by atoms with Crippen LogP contribution < -0.4 is 31.2 Å². The fourth-order valence-electron chi connectivity index (χ4n) is 6.82. The second-order valence-electron chi connectivity index (χ2n) is 12.6. The summed E-state index contributed by atoms with van der Waals surface area (Å²) in [5.41, 5.74) is 8.92. The number of carbonyl (C=O) groups excluding carboxylic acids is 4. The molecule has 1 heterocycles. The van der Waals surface area contributed by atoms with Gasteiger partial charge in [-0.05, 0) is 83.5 Å². The van der Waals surface area contributed by atoms with Gasteiger partial charge in [0.2, 0.25) is 17.7 Å². The monoisotopic (exact) mass is 694 g/mol. The smallest absolute Gasteiger partial charge is 0.328 e. The molecule has 0 radical (unpaired) electrons. The second-order valence-corrected chi connectivity index (χ2v) is 12.6. The van der Waals surface area contributed by atoms with Crippen LogP contribution in [0.15, 0.2) is 72.8 Å². The molecule has 0 aromatic heterocycles. The van der Waals surface area contributed by atoms with E-state index in [2.05, 4.69) is 22.0 Å². The third-order valence-electron chi connectivity index (χ3n) is 9.19. The number of hydrogen-bond acceptors (Lipinski definition) is 8. The lowest BCUT2D eigenvalue weighted by Crippen LogP contribution is -2.56. The molecule has 1 unspecified atom stereocenters. The number of allylic oxidation sites excluding steroid dienone is 1. The number of fused-ring (bicyclic) bond motifs is 9. The van der Waals surface area contributed by atoms with Crippen LogP contribution in [-0.4, -0.2) is 69.7 Å². The Morgan fingerprint density at radius 3 is 2.02 bits per heavy atom. The van der Waals surface area contributed by atoms with Gasteiger partial charge in [0.25, 0.3) is 0 Å². The average molecular weight is 695 g/mol. The van der Waals surface area contributed by atoms with Gasteiger partial charge in [-0.25, -0.2) is 4.79 Å². The number of methoxy groups -OCH3 is 3. The van der Waals surface area contributed by atoms with Crippen molar-refractivity contribution < 1.29 is 33.4 Å². The number of esters is 1. The van der Waals surface area contributed by atoms with Crippen molar-refractivity contribution in [3.05, 3.63) is 83.9 Å². The lowest BCUT2D eigenvalue weighted by atomic mass is 9.87. The first-order valence-corrected chi connectivity index (χ1v) is 17.2.